The van der Waals surface area contributed by atoms with Crippen LogP contribution in [0.5, 0.6) is 0 Å². The molecule has 1 rings (SSSR count). The predicted molar refractivity (Wildman–Crippen MR) is 74.8 cm³/mol. The van der Waals surface area contributed by atoms with Crippen LogP contribution >= 0.6 is 0 Å². The van der Waals surface area contributed by atoms with Crippen LogP contribution in [0.1, 0.15) is 25.7 Å². The van der Waals surface area contributed by atoms with Crippen molar-refractivity contribution < 1.29 is 19.4 Å². The highest BCUT2D eigenvalue weighted by Crippen LogP contribution is 1.97. The number of nitrogens with one attached hydrogen (secondary N) is 2. The van der Waals surface area contributed by atoms with E-state index >= 15 is 0 Å². The number of nitrogens with zero attached hydrogens (tertiary/aromatic N) is 1. The molecule has 0 aromatic rings. The van der Waals surface area contributed by atoms with Gasteiger partial charge >= 0.3 is 12.0 Å². The standard InChI is InChI=1S/C13H25N3O4/c17-12(18)4-1-2-5-14-13(19)15-6-3-7-16-8-10-20-11-9-16/h1-11H2,(H,17,18)(H2,14,15,19). The Morgan fingerprint density at radius 3 is 2.35 bits per heavy atom. The molecule has 7 heteroatoms. The Balaban J connectivity index is 1.88. The highest BCUT2D eigenvalue weighted by molar-refractivity contribution is 5.73. The number of unbranched alkanes of at least 4 members (excludes halogenated alkanes) is 1. The van der Waals surface area contributed by atoms with Crippen LogP contribution in [0.2, 0.25) is 0 Å². The number of carbonyl (C=O) groups excluding carboxylic acids is 1. The van der Waals surface area contributed by atoms with E-state index in [1.807, 2.05) is 0 Å². The maximum absolute atomic E-state index is 11.4. The molecule has 3 N–H and O–H groups in total. The average Bonchev–Trinajstić information content (AvgIpc) is 2.44. The molecule has 0 aliphatic carbocycles. The molecular formula is C13H25N3O4. The number of hydrogen-bond acceptors (Lipinski definition) is 4. The molecule has 0 aromatic heterocycles. The molecule has 0 saturated carbocycles. The number of rotatable bonds is 9. The Kier molecular flexibility index (Phi) is 8.73. The van der Waals surface area contributed by atoms with Gasteiger partial charge in [0.2, 0.25) is 0 Å². The Labute approximate surface area is 119 Å². The van der Waals surface area contributed by atoms with Gasteiger partial charge < -0.3 is 20.5 Å². The number of hydrogen-bond donors (Lipinski definition) is 3. The van der Waals surface area contributed by atoms with Gasteiger partial charge in [-0.1, -0.05) is 0 Å². The van der Waals surface area contributed by atoms with Crippen molar-refractivity contribution in [2.24, 2.45) is 0 Å². The number of carboxylic acid groups (broad SMARTS) is 1. The molecule has 116 valence electrons. The molecule has 1 saturated heterocycles. The molecule has 20 heavy (non-hydrogen) atoms. The minimum absolute atomic E-state index is 0.156. The molecular weight excluding hydrogens is 262 g/mol. The second-order valence-electron chi connectivity index (χ2n) is 4.84. The van der Waals surface area contributed by atoms with Crippen molar-refractivity contribution in [3.8, 4) is 0 Å². The van der Waals surface area contributed by atoms with Crippen molar-refractivity contribution in [2.45, 2.75) is 25.7 Å². The molecule has 0 atom stereocenters. The Bertz CT molecular complexity index is 293. The number of carbonyl (C=O) groups is 2. The minimum Gasteiger partial charge on any atom is -0.481 e. The van der Waals surface area contributed by atoms with Gasteiger partial charge in [-0.3, -0.25) is 9.69 Å². The average molecular weight is 287 g/mol. The van der Waals surface area contributed by atoms with Crippen molar-refractivity contribution in [1.82, 2.24) is 15.5 Å². The molecule has 0 radical (unpaired) electrons. The van der Waals surface area contributed by atoms with Crippen molar-refractivity contribution in [1.29, 1.82) is 0 Å². The highest BCUT2D eigenvalue weighted by atomic mass is 16.5. The second kappa shape index (κ2) is 10.4. The first kappa shape index (κ1) is 16.7. The maximum atomic E-state index is 11.4. The van der Waals surface area contributed by atoms with E-state index in [1.54, 1.807) is 0 Å². The van der Waals surface area contributed by atoms with Gasteiger partial charge in [-0.25, -0.2) is 4.79 Å². The van der Waals surface area contributed by atoms with Gasteiger partial charge in [0.05, 0.1) is 13.2 Å². The number of amides is 2. The fraction of sp³-hybridized carbons (Fsp3) is 0.846. The number of carboxylic acids is 1. The van der Waals surface area contributed by atoms with Gasteiger partial charge in [-0.2, -0.15) is 0 Å². The van der Waals surface area contributed by atoms with Gasteiger partial charge in [-0.05, 0) is 25.8 Å². The fourth-order valence-corrected chi connectivity index (χ4v) is 1.99. The molecule has 1 heterocycles. The third-order valence-electron chi connectivity index (χ3n) is 3.14. The van der Waals surface area contributed by atoms with E-state index in [9.17, 15) is 9.59 Å². The van der Waals surface area contributed by atoms with E-state index in [4.69, 9.17) is 9.84 Å². The summed E-state index contributed by atoms with van der Waals surface area (Å²) in [6.07, 6.45) is 2.36. The van der Waals surface area contributed by atoms with E-state index in [-0.39, 0.29) is 12.5 Å². The summed E-state index contributed by atoms with van der Waals surface area (Å²) in [4.78, 5) is 24.0. The van der Waals surface area contributed by atoms with Gasteiger partial charge in [0.25, 0.3) is 0 Å². The van der Waals surface area contributed by atoms with Crippen LogP contribution in [0.15, 0.2) is 0 Å². The lowest BCUT2D eigenvalue weighted by molar-refractivity contribution is -0.137. The van der Waals surface area contributed by atoms with Gasteiger partial charge in [-0.15, -0.1) is 0 Å². The summed E-state index contributed by atoms with van der Waals surface area (Å²) in [5.74, 6) is -0.794. The van der Waals surface area contributed by atoms with Crippen molar-refractivity contribution >= 4 is 12.0 Å². The van der Waals surface area contributed by atoms with Crippen molar-refractivity contribution in [3.05, 3.63) is 0 Å². The third-order valence-corrected chi connectivity index (χ3v) is 3.14. The SMILES string of the molecule is O=C(O)CCCCNC(=O)NCCCN1CCOCC1. The van der Waals surface area contributed by atoms with Crippen LogP contribution in [0.4, 0.5) is 4.79 Å². The quantitative estimate of drug-likeness (QED) is 0.529. The summed E-state index contributed by atoms with van der Waals surface area (Å²) in [5.41, 5.74) is 0. The number of ether oxygens (including phenoxy) is 1. The number of urea groups is 1. The normalized spacial score (nSPS) is 15.8. The molecule has 1 aliphatic rings. The number of morpholine rings is 1. The summed E-state index contributed by atoms with van der Waals surface area (Å²) in [7, 11) is 0. The smallest absolute Gasteiger partial charge is 0.314 e. The Hall–Kier alpha value is -1.34. The van der Waals surface area contributed by atoms with E-state index in [0.29, 0.717) is 25.9 Å². The summed E-state index contributed by atoms with van der Waals surface area (Å²) < 4.78 is 5.26. The van der Waals surface area contributed by atoms with Crippen LogP contribution in [0, 0.1) is 0 Å². The summed E-state index contributed by atoms with van der Waals surface area (Å²) >= 11 is 0. The van der Waals surface area contributed by atoms with Crippen molar-refractivity contribution in [3.63, 3.8) is 0 Å². The molecule has 0 bridgehead atoms. The molecule has 7 nitrogen and oxygen atoms in total. The van der Waals surface area contributed by atoms with Crippen LogP contribution in [-0.4, -0.2) is 67.9 Å². The molecule has 0 spiro atoms. The minimum atomic E-state index is -0.794. The zero-order valence-corrected chi connectivity index (χ0v) is 11.9. The van der Waals surface area contributed by atoms with E-state index < -0.39 is 5.97 Å². The zero-order valence-electron chi connectivity index (χ0n) is 11.9. The van der Waals surface area contributed by atoms with Gasteiger partial charge in [0, 0.05) is 32.6 Å². The third kappa shape index (κ3) is 8.71. The first-order valence-electron chi connectivity index (χ1n) is 7.22. The summed E-state index contributed by atoms with van der Waals surface area (Å²) in [6.45, 7) is 5.67. The first-order valence-corrected chi connectivity index (χ1v) is 7.22. The lowest BCUT2D eigenvalue weighted by Crippen LogP contribution is -2.40. The van der Waals surface area contributed by atoms with Crippen molar-refractivity contribution in [2.75, 3.05) is 45.9 Å². The van der Waals surface area contributed by atoms with E-state index in [2.05, 4.69) is 15.5 Å². The Morgan fingerprint density at radius 1 is 1.05 bits per heavy atom. The maximum Gasteiger partial charge on any atom is 0.314 e. The second-order valence-corrected chi connectivity index (χ2v) is 4.84. The molecule has 1 aliphatic heterocycles. The van der Waals surface area contributed by atoms with Crippen LogP contribution in [-0.2, 0) is 9.53 Å². The molecule has 1 fully saturated rings. The molecule has 0 aromatic carbocycles. The van der Waals surface area contributed by atoms with Crippen LogP contribution in [0.3, 0.4) is 0 Å². The topological polar surface area (TPSA) is 90.9 Å². The van der Waals surface area contributed by atoms with E-state index in [1.165, 1.54) is 0 Å². The monoisotopic (exact) mass is 287 g/mol. The summed E-state index contributed by atoms with van der Waals surface area (Å²) in [5, 5.41) is 14.0. The summed E-state index contributed by atoms with van der Waals surface area (Å²) in [6, 6.07) is -0.178. The van der Waals surface area contributed by atoms with Gasteiger partial charge in [0.1, 0.15) is 0 Å². The highest BCUT2D eigenvalue weighted by Gasteiger charge is 2.09. The lowest BCUT2D eigenvalue weighted by Gasteiger charge is -2.26. The van der Waals surface area contributed by atoms with E-state index in [0.717, 1.165) is 39.3 Å². The van der Waals surface area contributed by atoms with Crippen LogP contribution < -0.4 is 10.6 Å². The lowest BCUT2D eigenvalue weighted by atomic mass is 10.2. The molecule has 0 unspecified atom stereocenters. The number of aliphatic carboxylic acids is 1. The van der Waals surface area contributed by atoms with Gasteiger partial charge in [0.15, 0.2) is 0 Å². The first-order chi connectivity index (χ1) is 9.68. The predicted octanol–water partition coefficient (Wildman–Crippen LogP) is 0.263. The molecule has 2 amide bonds. The van der Waals surface area contributed by atoms with Crippen LogP contribution in [0.25, 0.3) is 0 Å². The Morgan fingerprint density at radius 2 is 1.70 bits per heavy atom. The largest absolute Gasteiger partial charge is 0.481 e. The zero-order chi connectivity index (χ0) is 14.6. The fourth-order valence-electron chi connectivity index (χ4n) is 1.99.